The predicted octanol–water partition coefficient (Wildman–Crippen LogP) is 1.57. The lowest BCUT2D eigenvalue weighted by Crippen LogP contribution is -2.10. The number of hydrogen-bond donors (Lipinski definition) is 1. The minimum Gasteiger partial charge on any atom is -0.297 e. The number of halogens is 2. The van der Waals surface area contributed by atoms with Gasteiger partial charge in [-0.15, -0.1) is 6.42 Å². The van der Waals surface area contributed by atoms with E-state index in [1.54, 1.807) is 0 Å². The highest BCUT2D eigenvalue weighted by molar-refractivity contribution is 9.11. The first kappa shape index (κ1) is 10.2. The van der Waals surface area contributed by atoms with Crippen molar-refractivity contribution in [3.8, 4) is 12.3 Å². The number of carbonyl (C=O) groups is 1. The Balaban J connectivity index is 2.91. The zero-order chi connectivity index (χ0) is 9.84. The maximum absolute atomic E-state index is 10.8. The fourth-order valence-electron chi connectivity index (χ4n) is 0.574. The third-order valence-electron chi connectivity index (χ3n) is 1.06. The van der Waals surface area contributed by atoms with Crippen molar-refractivity contribution in [3.63, 3.8) is 0 Å². The third-order valence-corrected chi connectivity index (χ3v) is 2.00. The van der Waals surface area contributed by atoms with E-state index in [0.29, 0.717) is 15.0 Å². The molecule has 6 heteroatoms. The number of hydrogen-bond acceptors (Lipinski definition) is 3. The van der Waals surface area contributed by atoms with Crippen LogP contribution in [0.2, 0.25) is 0 Å². The summed E-state index contributed by atoms with van der Waals surface area (Å²) in [5.41, 5.74) is 0. The fraction of sp³-hybridized carbons (Fsp3) is 0. The van der Waals surface area contributed by atoms with Crippen LogP contribution in [0.25, 0.3) is 0 Å². The fourth-order valence-corrected chi connectivity index (χ4v) is 1.48. The second-order valence-corrected chi connectivity index (χ2v) is 3.49. The molecule has 0 saturated heterocycles. The highest BCUT2D eigenvalue weighted by Gasteiger charge is 2.05. The van der Waals surface area contributed by atoms with Gasteiger partial charge in [0.05, 0.1) is 6.20 Å². The maximum atomic E-state index is 10.8. The number of rotatable bonds is 1. The first-order chi connectivity index (χ1) is 6.13. The topological polar surface area (TPSA) is 54.9 Å². The van der Waals surface area contributed by atoms with Gasteiger partial charge in [0.2, 0.25) is 0 Å². The van der Waals surface area contributed by atoms with Gasteiger partial charge >= 0.3 is 5.91 Å². The molecule has 4 nitrogen and oxygen atoms in total. The Labute approximate surface area is 91.4 Å². The first-order valence-electron chi connectivity index (χ1n) is 3.09. The Morgan fingerprint density at radius 2 is 2.31 bits per heavy atom. The van der Waals surface area contributed by atoms with Gasteiger partial charge in [-0.2, -0.15) is 0 Å². The van der Waals surface area contributed by atoms with Gasteiger partial charge in [0.15, 0.2) is 5.82 Å². The molecule has 66 valence electrons. The van der Waals surface area contributed by atoms with Crippen molar-refractivity contribution < 1.29 is 4.79 Å². The molecule has 1 rings (SSSR count). The van der Waals surface area contributed by atoms with Gasteiger partial charge in [-0.25, -0.2) is 9.97 Å². The van der Waals surface area contributed by atoms with Crippen LogP contribution in [0, 0.1) is 12.3 Å². The second kappa shape index (κ2) is 4.35. The van der Waals surface area contributed by atoms with E-state index in [1.165, 1.54) is 6.20 Å². The van der Waals surface area contributed by atoms with E-state index < -0.39 is 5.91 Å². The van der Waals surface area contributed by atoms with E-state index in [9.17, 15) is 4.79 Å². The monoisotopic (exact) mass is 303 g/mol. The largest absolute Gasteiger partial charge is 0.301 e. The Morgan fingerprint density at radius 1 is 1.62 bits per heavy atom. The van der Waals surface area contributed by atoms with Crippen molar-refractivity contribution in [2.75, 3.05) is 5.32 Å². The van der Waals surface area contributed by atoms with Crippen molar-refractivity contribution in [1.82, 2.24) is 9.97 Å². The number of terminal acetylenes is 1. The SMILES string of the molecule is C#CC(=O)Nc1ncc(Br)nc1Br. The van der Waals surface area contributed by atoms with E-state index in [2.05, 4.69) is 47.1 Å². The molecular formula is C7H3Br2N3O. The van der Waals surface area contributed by atoms with Gasteiger partial charge in [-0.3, -0.25) is 10.1 Å². The van der Waals surface area contributed by atoms with Crippen molar-refractivity contribution in [2.24, 2.45) is 0 Å². The standard InChI is InChI=1S/C7H3Br2N3O/c1-2-5(13)12-7-6(9)11-4(8)3-10-7/h1,3H,(H,10,12,13). The van der Waals surface area contributed by atoms with Gasteiger partial charge in [-0.05, 0) is 37.8 Å². The molecule has 0 aromatic carbocycles. The number of nitrogens with one attached hydrogen (secondary N) is 1. The van der Waals surface area contributed by atoms with Crippen LogP contribution in [0.15, 0.2) is 15.4 Å². The quantitative estimate of drug-likeness (QED) is 0.801. The molecule has 0 atom stereocenters. The Hall–Kier alpha value is -0.930. The summed E-state index contributed by atoms with van der Waals surface area (Å²) >= 11 is 6.24. The van der Waals surface area contributed by atoms with Crippen LogP contribution in [0.3, 0.4) is 0 Å². The van der Waals surface area contributed by atoms with Crippen LogP contribution in [0.1, 0.15) is 0 Å². The van der Waals surface area contributed by atoms with Crippen LogP contribution in [0.4, 0.5) is 5.82 Å². The summed E-state index contributed by atoms with van der Waals surface area (Å²) < 4.78 is 0.989. The zero-order valence-corrected chi connectivity index (χ0v) is 9.39. The summed E-state index contributed by atoms with van der Waals surface area (Å²) in [7, 11) is 0. The Morgan fingerprint density at radius 3 is 2.85 bits per heavy atom. The number of amides is 1. The lowest BCUT2D eigenvalue weighted by molar-refractivity contribution is -0.111. The molecule has 0 radical (unpaired) electrons. The van der Waals surface area contributed by atoms with E-state index in [1.807, 2.05) is 5.92 Å². The molecule has 1 N–H and O–H groups in total. The Kier molecular flexibility index (Phi) is 3.39. The lowest BCUT2D eigenvalue weighted by atomic mass is 10.6. The molecule has 1 heterocycles. The normalized spacial score (nSPS) is 9.00. The average Bonchev–Trinajstić information content (AvgIpc) is 2.09. The maximum Gasteiger partial charge on any atom is 0.301 e. The number of anilines is 1. The Bertz CT molecular complexity index is 386. The molecule has 0 bridgehead atoms. The predicted molar refractivity (Wildman–Crippen MR) is 54.9 cm³/mol. The molecule has 0 fully saturated rings. The molecule has 1 amide bonds. The molecule has 0 aliphatic heterocycles. The molecule has 0 unspecified atom stereocenters. The van der Waals surface area contributed by atoms with Gasteiger partial charge in [0.25, 0.3) is 0 Å². The van der Waals surface area contributed by atoms with Crippen molar-refractivity contribution in [3.05, 3.63) is 15.4 Å². The molecule has 1 aromatic heterocycles. The highest BCUT2D eigenvalue weighted by atomic mass is 79.9. The van der Waals surface area contributed by atoms with Crippen LogP contribution in [-0.2, 0) is 4.79 Å². The molecule has 0 spiro atoms. The van der Waals surface area contributed by atoms with E-state index >= 15 is 0 Å². The summed E-state index contributed by atoms with van der Waals surface area (Å²) in [6.07, 6.45) is 6.32. The average molecular weight is 305 g/mol. The highest BCUT2D eigenvalue weighted by Crippen LogP contribution is 2.18. The smallest absolute Gasteiger partial charge is 0.297 e. The van der Waals surface area contributed by atoms with Crippen molar-refractivity contribution in [1.29, 1.82) is 0 Å². The summed E-state index contributed by atoms with van der Waals surface area (Å²) in [5.74, 6) is 1.64. The minimum atomic E-state index is -0.558. The zero-order valence-electron chi connectivity index (χ0n) is 6.21. The number of nitrogens with zero attached hydrogens (tertiary/aromatic N) is 2. The summed E-state index contributed by atoms with van der Waals surface area (Å²) in [6.45, 7) is 0. The van der Waals surface area contributed by atoms with Crippen molar-refractivity contribution in [2.45, 2.75) is 0 Å². The third kappa shape index (κ3) is 2.79. The van der Waals surface area contributed by atoms with Crippen LogP contribution < -0.4 is 5.32 Å². The van der Waals surface area contributed by atoms with Gasteiger partial charge in [0.1, 0.15) is 9.21 Å². The summed E-state index contributed by atoms with van der Waals surface area (Å²) in [5, 5.41) is 2.37. The number of aromatic nitrogens is 2. The first-order valence-corrected chi connectivity index (χ1v) is 4.67. The molecule has 0 aliphatic rings. The minimum absolute atomic E-state index is 0.297. The second-order valence-electron chi connectivity index (χ2n) is 1.93. The summed E-state index contributed by atoms with van der Waals surface area (Å²) in [6, 6.07) is 0. The molecule has 13 heavy (non-hydrogen) atoms. The van der Waals surface area contributed by atoms with E-state index in [4.69, 9.17) is 6.42 Å². The van der Waals surface area contributed by atoms with Crippen LogP contribution in [-0.4, -0.2) is 15.9 Å². The van der Waals surface area contributed by atoms with Gasteiger partial charge in [0, 0.05) is 0 Å². The van der Waals surface area contributed by atoms with Crippen LogP contribution in [0.5, 0.6) is 0 Å². The lowest BCUT2D eigenvalue weighted by Gasteiger charge is -2.01. The number of carbonyl (C=O) groups excluding carboxylic acids is 1. The molecule has 0 aliphatic carbocycles. The van der Waals surface area contributed by atoms with E-state index in [0.717, 1.165) is 0 Å². The van der Waals surface area contributed by atoms with Gasteiger partial charge in [-0.1, -0.05) is 0 Å². The van der Waals surface area contributed by atoms with Crippen molar-refractivity contribution >= 4 is 43.6 Å². The van der Waals surface area contributed by atoms with Gasteiger partial charge < -0.3 is 0 Å². The molecular weight excluding hydrogens is 302 g/mol. The van der Waals surface area contributed by atoms with E-state index in [-0.39, 0.29) is 0 Å². The molecule has 1 aromatic rings. The molecule has 0 saturated carbocycles. The van der Waals surface area contributed by atoms with Crippen LogP contribution >= 0.6 is 31.9 Å². The summed E-state index contributed by atoms with van der Waals surface area (Å²) in [4.78, 5) is 18.6.